The fraction of sp³-hybridized carbons (Fsp3) is 0.673. The van der Waals surface area contributed by atoms with Gasteiger partial charge in [-0.25, -0.2) is 0 Å². The average Bonchev–Trinajstić information content (AvgIpc) is 3.91. The Morgan fingerprint density at radius 3 is 1.85 bits per heavy atom. The van der Waals surface area contributed by atoms with Gasteiger partial charge in [-0.1, -0.05) is 82.4 Å². The van der Waals surface area contributed by atoms with Gasteiger partial charge >= 0.3 is 0 Å². The first kappa shape index (κ1) is 62.0. The van der Waals surface area contributed by atoms with Crippen LogP contribution in [0.15, 0.2) is 48.6 Å². The van der Waals surface area contributed by atoms with Crippen molar-refractivity contribution < 1.29 is 79.5 Å². The fourth-order valence-electron chi connectivity index (χ4n) is 9.39. The number of fused-ring (bicyclic) bond motifs is 2. The molecule has 2 unspecified atom stereocenters. The highest BCUT2D eigenvalue weighted by Gasteiger charge is 2.50. The molecule has 420 valence electrons. The van der Waals surface area contributed by atoms with Gasteiger partial charge in [0.2, 0.25) is 41.4 Å². The van der Waals surface area contributed by atoms with E-state index < -0.39 is 152 Å². The van der Waals surface area contributed by atoms with Gasteiger partial charge in [0.15, 0.2) is 6.23 Å². The lowest BCUT2D eigenvalue weighted by atomic mass is 9.96. The van der Waals surface area contributed by atoms with Crippen LogP contribution in [0.1, 0.15) is 129 Å². The number of nitrogens with one attached hydrogen (secondary N) is 5. The molecule has 23 nitrogen and oxygen atoms in total. The van der Waals surface area contributed by atoms with Crippen molar-refractivity contribution in [2.45, 2.75) is 203 Å². The minimum absolute atomic E-state index is 0.0614. The number of hydrogen-bond donors (Lipinski definition) is 14. The summed E-state index contributed by atoms with van der Waals surface area (Å²) in [7, 11) is 0. The van der Waals surface area contributed by atoms with Crippen LogP contribution >= 0.6 is 0 Å². The Morgan fingerprint density at radius 1 is 0.680 bits per heavy atom. The zero-order valence-corrected chi connectivity index (χ0v) is 43.4. The van der Waals surface area contributed by atoms with Gasteiger partial charge in [0.25, 0.3) is 0 Å². The van der Waals surface area contributed by atoms with Gasteiger partial charge in [-0.2, -0.15) is 0 Å². The summed E-state index contributed by atoms with van der Waals surface area (Å²) in [5, 5.41) is 110. The average molecular weight is 1060 g/mol. The Hall–Kier alpha value is -5.53. The van der Waals surface area contributed by atoms with E-state index in [0.717, 1.165) is 74.3 Å². The topological polar surface area (TPSA) is 368 Å². The maximum atomic E-state index is 14.3. The molecule has 23 heteroatoms. The first-order chi connectivity index (χ1) is 35.6. The number of benzene rings is 1. The number of aromatic hydroxyl groups is 1. The third-order valence-electron chi connectivity index (χ3n) is 13.9. The van der Waals surface area contributed by atoms with Crippen LogP contribution in [0.25, 0.3) is 0 Å². The van der Waals surface area contributed by atoms with Crippen molar-refractivity contribution in [1.29, 1.82) is 0 Å². The lowest BCUT2D eigenvalue weighted by molar-refractivity contribution is -0.148. The van der Waals surface area contributed by atoms with Gasteiger partial charge in [0.05, 0.1) is 24.4 Å². The summed E-state index contributed by atoms with van der Waals surface area (Å²) >= 11 is 0. The number of phenolic OH excluding ortho intramolecular Hbond substituents is 1. The summed E-state index contributed by atoms with van der Waals surface area (Å²) in [6.07, 6.45) is 2.50. The molecule has 0 aliphatic carbocycles. The molecule has 75 heavy (non-hydrogen) atoms. The van der Waals surface area contributed by atoms with Crippen LogP contribution in [0, 0.1) is 5.92 Å². The number of unbranched alkanes of at least 4 members (excludes halogenated alkanes) is 8. The summed E-state index contributed by atoms with van der Waals surface area (Å²) < 4.78 is 0. The molecular formula is C52H81N7O16. The van der Waals surface area contributed by atoms with Gasteiger partial charge in [-0.3, -0.25) is 33.6 Å². The first-order valence-electron chi connectivity index (χ1n) is 26.2. The second-order valence-corrected chi connectivity index (χ2v) is 20.1. The quantitative estimate of drug-likeness (QED) is 0.0531. The molecule has 3 aliphatic rings. The Labute approximate surface area is 437 Å². The van der Waals surface area contributed by atoms with Crippen molar-refractivity contribution in [3.63, 3.8) is 0 Å². The molecule has 3 aliphatic heterocycles. The van der Waals surface area contributed by atoms with Gasteiger partial charge in [0.1, 0.15) is 60.3 Å². The maximum Gasteiger partial charge on any atom is 0.248 e. The predicted octanol–water partition coefficient (Wildman–Crippen LogP) is -1.33. The number of amides is 7. The van der Waals surface area contributed by atoms with Crippen LogP contribution in [-0.4, -0.2) is 189 Å². The molecule has 0 radical (unpaired) electrons. The summed E-state index contributed by atoms with van der Waals surface area (Å²) in [5.74, 6) is -8.97. The zero-order chi connectivity index (χ0) is 55.5. The van der Waals surface area contributed by atoms with E-state index in [-0.39, 0.29) is 24.3 Å². The highest BCUT2D eigenvalue weighted by molar-refractivity contribution is 5.98. The molecule has 1 aromatic rings. The van der Waals surface area contributed by atoms with Crippen molar-refractivity contribution >= 4 is 41.4 Å². The number of hydrogen-bond acceptors (Lipinski definition) is 16. The number of aliphatic hydroxyl groups is 8. The summed E-state index contributed by atoms with van der Waals surface area (Å²) in [6.45, 7) is 4.97. The molecule has 0 spiro atoms. The van der Waals surface area contributed by atoms with Crippen molar-refractivity contribution in [3.8, 4) is 5.75 Å². The molecular weight excluding hydrogens is 979 g/mol. The van der Waals surface area contributed by atoms with E-state index in [4.69, 9.17) is 0 Å². The standard InChI is InChI=1S/C52H81N7O16/c1-5-6-7-8-9-10-11-12-13-14-15-16-17-18-19-20-38(65)53-35-26-37(64)48(71)57-50(73)42-43(66)29(2)27-59(42)52(75)40(31(4)61)55-49(72)41(45(68)44(67)32-21-23-33(62)24-22-32)56-47(70)36-25-34(63)28-58(36)51(74)39(30(3)60)54-46(35)69/h9-10,12-13,21-24,29-31,34-37,39-45,48,60-64,66-68,71H,5-8,11,14-20,25-28H2,1-4H3,(H,53,65)(H,54,69)(H,55,72)(H,56,70)(H,57,73)/b10-9+,13-12+/t29-,30+,31+,34+,35?,36-,37+,39-,40-,41-,42?,43-,44-,45-,48+/m0/s1. The molecule has 14 N–H and O–H groups in total. The predicted molar refractivity (Wildman–Crippen MR) is 271 cm³/mol. The maximum absolute atomic E-state index is 14.3. The molecule has 3 heterocycles. The van der Waals surface area contributed by atoms with E-state index >= 15 is 0 Å². The van der Waals surface area contributed by atoms with Crippen molar-refractivity contribution in [2.75, 3.05) is 13.1 Å². The van der Waals surface area contributed by atoms with Crippen molar-refractivity contribution in [1.82, 2.24) is 36.4 Å². The van der Waals surface area contributed by atoms with E-state index in [0.29, 0.717) is 12.8 Å². The minimum Gasteiger partial charge on any atom is -0.508 e. The number of carbonyl (C=O) groups is 7. The molecule has 7 amide bonds. The van der Waals surface area contributed by atoms with Crippen LogP contribution < -0.4 is 26.6 Å². The van der Waals surface area contributed by atoms with Crippen LogP contribution in [0.2, 0.25) is 0 Å². The minimum atomic E-state index is -2.27. The monoisotopic (exact) mass is 1060 g/mol. The molecule has 0 saturated carbocycles. The van der Waals surface area contributed by atoms with Gasteiger partial charge < -0.3 is 82.3 Å². The Kier molecular flexibility index (Phi) is 25.0. The second-order valence-electron chi connectivity index (χ2n) is 20.1. The molecule has 3 fully saturated rings. The van der Waals surface area contributed by atoms with Gasteiger partial charge in [-0.15, -0.1) is 0 Å². The van der Waals surface area contributed by atoms with Gasteiger partial charge in [0, 0.05) is 38.3 Å². The smallest absolute Gasteiger partial charge is 0.248 e. The lowest BCUT2D eigenvalue weighted by Crippen LogP contribution is -2.64. The fourth-order valence-corrected chi connectivity index (χ4v) is 9.39. The molecule has 15 atom stereocenters. The molecule has 4 rings (SSSR count). The highest BCUT2D eigenvalue weighted by atomic mass is 16.3. The first-order valence-corrected chi connectivity index (χ1v) is 26.2. The Morgan fingerprint density at radius 2 is 1.24 bits per heavy atom. The molecule has 0 bridgehead atoms. The Balaban J connectivity index is 1.62. The van der Waals surface area contributed by atoms with Crippen LogP contribution in [0.4, 0.5) is 0 Å². The van der Waals surface area contributed by atoms with E-state index in [2.05, 4.69) is 57.8 Å². The second kappa shape index (κ2) is 30.3. The molecule has 1 aromatic carbocycles. The van der Waals surface area contributed by atoms with E-state index in [1.54, 1.807) is 0 Å². The number of rotatable bonds is 20. The lowest BCUT2D eigenvalue weighted by Gasteiger charge is -2.34. The summed E-state index contributed by atoms with van der Waals surface area (Å²) in [6, 6.07) is -6.61. The highest BCUT2D eigenvalue weighted by Crippen LogP contribution is 2.28. The van der Waals surface area contributed by atoms with Crippen molar-refractivity contribution in [2.24, 2.45) is 5.92 Å². The van der Waals surface area contributed by atoms with Crippen LogP contribution in [-0.2, 0) is 33.6 Å². The molecule has 3 saturated heterocycles. The third-order valence-corrected chi connectivity index (χ3v) is 13.9. The molecule has 0 aromatic heterocycles. The van der Waals surface area contributed by atoms with Crippen molar-refractivity contribution in [3.05, 3.63) is 54.1 Å². The third kappa shape index (κ3) is 18.0. The normalized spacial score (nSPS) is 29.4. The number of allylic oxidation sites excluding steroid dienone is 4. The Bertz CT molecular complexity index is 2110. The zero-order valence-electron chi connectivity index (χ0n) is 43.4. The van der Waals surface area contributed by atoms with E-state index in [9.17, 15) is 79.5 Å². The summed E-state index contributed by atoms with van der Waals surface area (Å²) in [5.41, 5.74) is -0.0614. The van der Waals surface area contributed by atoms with E-state index in [1.807, 2.05) is 0 Å². The van der Waals surface area contributed by atoms with Gasteiger partial charge in [-0.05, 0) is 70.1 Å². The summed E-state index contributed by atoms with van der Waals surface area (Å²) in [4.78, 5) is 100. The largest absolute Gasteiger partial charge is 0.508 e. The number of phenols is 1. The number of aliphatic hydroxyl groups excluding tert-OH is 8. The number of carbonyl (C=O) groups excluding carboxylic acids is 7. The SMILES string of the molecule is CCCCC/C=C/C/C=C/CCCCCCCC(=O)NC1C[C@@H](O)[C@@H](O)NC(=O)C2[C@@H](O)[C@@H](C)CN2C(=O)[C@H]([C@@H](C)O)NC(=O)[C@H]([C@H](O)[C@@H](O)c2ccc(O)cc2)NC(=O)[C@@H]2C[C@@H](O)CN2C(=O)[C@H]([C@@H](C)O)NC1=O. The van der Waals surface area contributed by atoms with Crippen LogP contribution in [0.5, 0.6) is 5.75 Å². The number of nitrogens with zero attached hydrogens (tertiary/aromatic N) is 2. The van der Waals surface area contributed by atoms with Crippen LogP contribution in [0.3, 0.4) is 0 Å². The van der Waals surface area contributed by atoms with E-state index in [1.165, 1.54) is 38.3 Å².